The van der Waals surface area contributed by atoms with Gasteiger partial charge in [-0.25, -0.2) is 9.18 Å². The molecular formula is C17H22FN3O3. The zero-order valence-corrected chi connectivity index (χ0v) is 13.7. The van der Waals surface area contributed by atoms with Crippen LogP contribution in [0, 0.1) is 12.7 Å². The van der Waals surface area contributed by atoms with Crippen LogP contribution in [-0.2, 0) is 4.79 Å². The van der Waals surface area contributed by atoms with Crippen molar-refractivity contribution < 1.29 is 19.1 Å². The van der Waals surface area contributed by atoms with E-state index < -0.39 is 6.09 Å². The number of amides is 2. The molecule has 1 aromatic rings. The van der Waals surface area contributed by atoms with Gasteiger partial charge in [-0.3, -0.25) is 9.69 Å². The number of hydrogen-bond donors (Lipinski definition) is 2. The molecule has 130 valence electrons. The lowest BCUT2D eigenvalue weighted by Crippen LogP contribution is -2.55. The fraction of sp³-hybridized carbons (Fsp3) is 0.529. The number of carboxylic acid groups (broad SMARTS) is 1. The van der Waals surface area contributed by atoms with Crippen molar-refractivity contribution in [3.63, 3.8) is 0 Å². The summed E-state index contributed by atoms with van der Waals surface area (Å²) < 4.78 is 13.4. The molecule has 24 heavy (non-hydrogen) atoms. The van der Waals surface area contributed by atoms with Crippen molar-refractivity contribution in [3.8, 4) is 0 Å². The van der Waals surface area contributed by atoms with Gasteiger partial charge in [-0.15, -0.1) is 0 Å². The lowest BCUT2D eigenvalue weighted by atomic mass is 9.88. The molecule has 2 heterocycles. The quantitative estimate of drug-likeness (QED) is 0.864. The summed E-state index contributed by atoms with van der Waals surface area (Å²) in [5, 5.41) is 12.3. The van der Waals surface area contributed by atoms with E-state index in [-0.39, 0.29) is 23.8 Å². The Morgan fingerprint density at radius 1 is 1.38 bits per heavy atom. The van der Waals surface area contributed by atoms with Gasteiger partial charge >= 0.3 is 6.09 Å². The molecule has 0 saturated carbocycles. The number of piperidine rings is 1. The number of hydrogen-bond acceptors (Lipinski definition) is 3. The Morgan fingerprint density at radius 2 is 2.17 bits per heavy atom. The number of likely N-dealkylation sites (tertiary alicyclic amines) is 1. The Hall–Kier alpha value is -2.15. The monoisotopic (exact) mass is 335 g/mol. The molecule has 2 saturated heterocycles. The van der Waals surface area contributed by atoms with Gasteiger partial charge in [0.25, 0.3) is 0 Å². The number of rotatable bonds is 2. The van der Waals surface area contributed by atoms with E-state index in [1.165, 1.54) is 17.0 Å². The van der Waals surface area contributed by atoms with E-state index in [4.69, 9.17) is 0 Å². The molecule has 0 spiro atoms. The van der Waals surface area contributed by atoms with Crippen molar-refractivity contribution in [2.75, 3.05) is 26.2 Å². The van der Waals surface area contributed by atoms with Gasteiger partial charge in [0, 0.05) is 25.7 Å². The predicted octanol–water partition coefficient (Wildman–Crippen LogP) is 1.75. The van der Waals surface area contributed by atoms with Gasteiger partial charge in [0.1, 0.15) is 5.82 Å². The summed E-state index contributed by atoms with van der Waals surface area (Å²) in [5.74, 6) is -0.311. The Morgan fingerprint density at radius 3 is 2.83 bits per heavy atom. The summed E-state index contributed by atoms with van der Waals surface area (Å²) in [6.07, 6.45) is 0.362. The highest BCUT2D eigenvalue weighted by Crippen LogP contribution is 2.35. The molecule has 2 aliphatic rings. The average molecular weight is 335 g/mol. The van der Waals surface area contributed by atoms with Crippen molar-refractivity contribution in [1.29, 1.82) is 0 Å². The molecule has 0 radical (unpaired) electrons. The minimum Gasteiger partial charge on any atom is -0.465 e. The molecule has 0 aliphatic carbocycles. The van der Waals surface area contributed by atoms with Crippen LogP contribution < -0.4 is 5.32 Å². The molecule has 2 aliphatic heterocycles. The molecule has 1 aromatic carbocycles. The molecule has 6 nitrogen and oxygen atoms in total. The van der Waals surface area contributed by atoms with Crippen LogP contribution in [0.25, 0.3) is 0 Å². The highest BCUT2D eigenvalue weighted by Gasteiger charge is 2.36. The maximum Gasteiger partial charge on any atom is 0.407 e. The van der Waals surface area contributed by atoms with Crippen LogP contribution in [0.3, 0.4) is 0 Å². The smallest absolute Gasteiger partial charge is 0.407 e. The molecule has 0 bridgehead atoms. The normalized spacial score (nSPS) is 25.4. The van der Waals surface area contributed by atoms with Gasteiger partial charge in [0.05, 0.1) is 12.6 Å². The standard InChI is InChI=1S/C17H22FN3O3/c1-11-8-12(18)2-3-14(11)15-9-13(4-6-21(15)17(23)24)20-7-5-19-16(22)10-20/h2-3,8,13,15H,4-7,9-10H2,1H3,(H,19,22)(H,23,24)/t13-,15+/m0/s1. The summed E-state index contributed by atoms with van der Waals surface area (Å²) >= 11 is 0. The minimum absolute atomic E-state index is 0.0106. The van der Waals surface area contributed by atoms with E-state index in [1.807, 2.05) is 0 Å². The average Bonchev–Trinajstić information content (AvgIpc) is 2.54. The van der Waals surface area contributed by atoms with Gasteiger partial charge in [0.15, 0.2) is 0 Å². The van der Waals surface area contributed by atoms with E-state index in [0.29, 0.717) is 32.5 Å². The second kappa shape index (κ2) is 6.76. The molecule has 2 N–H and O–H groups in total. The molecule has 2 atom stereocenters. The Balaban J connectivity index is 1.84. The molecule has 7 heteroatoms. The first-order valence-corrected chi connectivity index (χ1v) is 8.22. The van der Waals surface area contributed by atoms with Crippen molar-refractivity contribution in [2.24, 2.45) is 0 Å². The number of nitrogens with zero attached hydrogens (tertiary/aromatic N) is 2. The zero-order chi connectivity index (χ0) is 17.3. The third kappa shape index (κ3) is 3.36. The molecule has 2 amide bonds. The van der Waals surface area contributed by atoms with Gasteiger partial charge < -0.3 is 15.3 Å². The van der Waals surface area contributed by atoms with Crippen molar-refractivity contribution in [2.45, 2.75) is 31.8 Å². The number of carbonyl (C=O) groups is 2. The van der Waals surface area contributed by atoms with Crippen molar-refractivity contribution in [3.05, 3.63) is 35.1 Å². The van der Waals surface area contributed by atoms with E-state index in [9.17, 15) is 19.1 Å². The molecule has 3 rings (SSSR count). The summed E-state index contributed by atoms with van der Waals surface area (Å²) in [7, 11) is 0. The maximum atomic E-state index is 13.4. The van der Waals surface area contributed by atoms with Gasteiger partial charge in [-0.05, 0) is 43.0 Å². The van der Waals surface area contributed by atoms with E-state index in [0.717, 1.165) is 17.7 Å². The second-order valence-electron chi connectivity index (χ2n) is 6.49. The van der Waals surface area contributed by atoms with Gasteiger partial charge in [-0.2, -0.15) is 0 Å². The Kier molecular flexibility index (Phi) is 4.71. The van der Waals surface area contributed by atoms with Crippen LogP contribution in [-0.4, -0.2) is 59.1 Å². The molecular weight excluding hydrogens is 313 g/mol. The third-order valence-corrected chi connectivity index (χ3v) is 5.00. The first-order valence-electron chi connectivity index (χ1n) is 8.22. The summed E-state index contributed by atoms with van der Waals surface area (Å²) in [6, 6.07) is 4.33. The summed E-state index contributed by atoms with van der Waals surface area (Å²) in [6.45, 7) is 3.97. The van der Waals surface area contributed by atoms with Crippen LogP contribution in [0.1, 0.15) is 30.0 Å². The number of aryl methyl sites for hydroxylation is 1. The first kappa shape index (κ1) is 16.7. The third-order valence-electron chi connectivity index (χ3n) is 5.00. The zero-order valence-electron chi connectivity index (χ0n) is 13.7. The number of halogens is 1. The lowest BCUT2D eigenvalue weighted by molar-refractivity contribution is -0.125. The SMILES string of the molecule is Cc1cc(F)ccc1[C@H]1C[C@@H](N2CCNC(=O)C2)CCN1C(=O)O. The fourth-order valence-corrected chi connectivity index (χ4v) is 3.79. The highest BCUT2D eigenvalue weighted by molar-refractivity contribution is 5.78. The highest BCUT2D eigenvalue weighted by atomic mass is 19.1. The molecule has 2 fully saturated rings. The Bertz CT molecular complexity index is 652. The number of carbonyl (C=O) groups excluding carboxylic acids is 1. The van der Waals surface area contributed by atoms with E-state index in [2.05, 4.69) is 10.2 Å². The van der Waals surface area contributed by atoms with Crippen LogP contribution in [0.2, 0.25) is 0 Å². The molecule has 0 aromatic heterocycles. The number of nitrogens with one attached hydrogen (secondary N) is 1. The fourth-order valence-electron chi connectivity index (χ4n) is 3.79. The topological polar surface area (TPSA) is 72.9 Å². The summed E-state index contributed by atoms with van der Waals surface area (Å²) in [4.78, 5) is 26.8. The van der Waals surface area contributed by atoms with Crippen molar-refractivity contribution >= 4 is 12.0 Å². The van der Waals surface area contributed by atoms with E-state index >= 15 is 0 Å². The number of benzene rings is 1. The van der Waals surface area contributed by atoms with E-state index in [1.54, 1.807) is 13.0 Å². The van der Waals surface area contributed by atoms with Gasteiger partial charge in [-0.1, -0.05) is 6.07 Å². The van der Waals surface area contributed by atoms with Crippen LogP contribution in [0.15, 0.2) is 18.2 Å². The number of piperazine rings is 1. The lowest BCUT2D eigenvalue weighted by Gasteiger charge is -2.43. The second-order valence-corrected chi connectivity index (χ2v) is 6.49. The first-order chi connectivity index (χ1) is 11.5. The van der Waals surface area contributed by atoms with Crippen molar-refractivity contribution in [1.82, 2.24) is 15.1 Å². The summed E-state index contributed by atoms with van der Waals surface area (Å²) in [5.41, 5.74) is 1.59. The van der Waals surface area contributed by atoms with Gasteiger partial charge in [0.2, 0.25) is 5.91 Å². The maximum absolute atomic E-state index is 13.4. The van der Waals surface area contributed by atoms with Crippen LogP contribution >= 0.6 is 0 Å². The predicted molar refractivity (Wildman–Crippen MR) is 86.2 cm³/mol. The van der Waals surface area contributed by atoms with Crippen LogP contribution in [0.5, 0.6) is 0 Å². The molecule has 0 unspecified atom stereocenters. The minimum atomic E-state index is -0.960. The Labute approximate surface area is 140 Å². The van der Waals surface area contributed by atoms with Crippen LogP contribution in [0.4, 0.5) is 9.18 Å². The largest absolute Gasteiger partial charge is 0.465 e.